The summed E-state index contributed by atoms with van der Waals surface area (Å²) in [6.45, 7) is 7.94. The molecule has 1 N–H and O–H groups in total. The highest BCUT2D eigenvalue weighted by Gasteiger charge is 2.28. The average Bonchev–Trinajstić information content (AvgIpc) is 2.84. The van der Waals surface area contributed by atoms with Crippen molar-refractivity contribution in [3.8, 4) is 0 Å². The fraction of sp³-hybridized carbons (Fsp3) is 1.00. The first-order chi connectivity index (χ1) is 8.42. The molecule has 0 radical (unpaired) electrons. The lowest BCUT2D eigenvalue weighted by molar-refractivity contribution is 0.231. The molecule has 3 nitrogen and oxygen atoms in total. The van der Waals surface area contributed by atoms with Gasteiger partial charge in [-0.3, -0.25) is 4.90 Å². The first-order valence-electron chi connectivity index (χ1n) is 7.61. The van der Waals surface area contributed by atoms with E-state index in [9.17, 15) is 0 Å². The van der Waals surface area contributed by atoms with E-state index in [1.807, 2.05) is 0 Å². The third-order valence-electron chi connectivity index (χ3n) is 4.57. The summed E-state index contributed by atoms with van der Waals surface area (Å²) in [6.07, 6.45) is 8.45. The van der Waals surface area contributed by atoms with Gasteiger partial charge < -0.3 is 10.2 Å². The van der Waals surface area contributed by atoms with Gasteiger partial charge in [0.1, 0.15) is 0 Å². The van der Waals surface area contributed by atoms with Crippen molar-refractivity contribution in [1.82, 2.24) is 15.1 Å². The minimum atomic E-state index is 0.880. The second kappa shape index (κ2) is 5.68. The van der Waals surface area contributed by atoms with Gasteiger partial charge in [0.25, 0.3) is 0 Å². The molecule has 0 bridgehead atoms. The lowest BCUT2D eigenvalue weighted by Gasteiger charge is -2.23. The Morgan fingerprint density at radius 1 is 1.00 bits per heavy atom. The van der Waals surface area contributed by atoms with Gasteiger partial charge in [-0.05, 0) is 71.2 Å². The normalized spacial score (nSPS) is 31.4. The highest BCUT2D eigenvalue weighted by atomic mass is 15.3. The summed E-state index contributed by atoms with van der Waals surface area (Å²) in [6, 6.07) is 1.76. The van der Waals surface area contributed by atoms with Gasteiger partial charge in [0.15, 0.2) is 0 Å². The summed E-state index contributed by atoms with van der Waals surface area (Å²) in [5.74, 6) is 0. The second-order valence-corrected chi connectivity index (χ2v) is 6.07. The Labute approximate surface area is 106 Å². The molecule has 1 atom stereocenters. The first kappa shape index (κ1) is 11.9. The molecule has 2 heterocycles. The minimum Gasteiger partial charge on any atom is -0.314 e. The monoisotopic (exact) mass is 237 g/mol. The van der Waals surface area contributed by atoms with Gasteiger partial charge in [0.05, 0.1) is 0 Å². The van der Waals surface area contributed by atoms with Crippen LogP contribution in [0.2, 0.25) is 0 Å². The standard InChI is InChI=1S/C14H27N3/c1-2-10-17(9-1)14-6-11-16(12-14)8-3-7-15-13-4-5-13/h13-15H,1-12H2. The number of rotatable bonds is 6. The second-order valence-electron chi connectivity index (χ2n) is 6.07. The van der Waals surface area contributed by atoms with Crippen LogP contribution in [0.1, 0.15) is 38.5 Å². The van der Waals surface area contributed by atoms with Crippen molar-refractivity contribution in [1.29, 1.82) is 0 Å². The van der Waals surface area contributed by atoms with Crippen molar-refractivity contribution in [2.45, 2.75) is 50.6 Å². The summed E-state index contributed by atoms with van der Waals surface area (Å²) < 4.78 is 0. The van der Waals surface area contributed by atoms with E-state index in [-0.39, 0.29) is 0 Å². The Bertz CT molecular complexity index is 234. The molecule has 1 unspecified atom stereocenters. The predicted molar refractivity (Wildman–Crippen MR) is 71.3 cm³/mol. The van der Waals surface area contributed by atoms with Crippen molar-refractivity contribution < 1.29 is 0 Å². The molecule has 0 aromatic heterocycles. The average molecular weight is 237 g/mol. The maximum atomic E-state index is 3.61. The number of nitrogens with one attached hydrogen (secondary N) is 1. The van der Waals surface area contributed by atoms with Gasteiger partial charge >= 0.3 is 0 Å². The maximum absolute atomic E-state index is 3.61. The molecule has 2 aliphatic heterocycles. The van der Waals surface area contributed by atoms with Crippen LogP contribution in [-0.2, 0) is 0 Å². The highest BCUT2D eigenvalue weighted by Crippen LogP contribution is 2.21. The van der Waals surface area contributed by atoms with Gasteiger partial charge in [-0.25, -0.2) is 0 Å². The molecular formula is C14H27N3. The molecule has 3 fully saturated rings. The van der Waals surface area contributed by atoms with Gasteiger partial charge in [0.2, 0.25) is 0 Å². The Kier molecular flexibility index (Phi) is 3.99. The van der Waals surface area contributed by atoms with E-state index < -0.39 is 0 Å². The molecule has 1 aliphatic carbocycles. The lowest BCUT2D eigenvalue weighted by atomic mass is 10.2. The fourth-order valence-corrected chi connectivity index (χ4v) is 3.32. The summed E-state index contributed by atoms with van der Waals surface area (Å²) in [5, 5.41) is 3.61. The van der Waals surface area contributed by atoms with Crippen LogP contribution >= 0.6 is 0 Å². The molecule has 0 amide bonds. The van der Waals surface area contributed by atoms with Crippen LogP contribution < -0.4 is 5.32 Å². The van der Waals surface area contributed by atoms with Crippen molar-refractivity contribution in [3.05, 3.63) is 0 Å². The van der Waals surface area contributed by atoms with Gasteiger partial charge in [-0.2, -0.15) is 0 Å². The van der Waals surface area contributed by atoms with Gasteiger partial charge in [-0.15, -0.1) is 0 Å². The van der Waals surface area contributed by atoms with E-state index in [0.717, 1.165) is 12.1 Å². The molecule has 1 saturated carbocycles. The van der Waals surface area contributed by atoms with Gasteiger partial charge in [-0.1, -0.05) is 0 Å². The van der Waals surface area contributed by atoms with Crippen LogP contribution in [0, 0.1) is 0 Å². The Morgan fingerprint density at radius 3 is 2.59 bits per heavy atom. The number of nitrogens with zero attached hydrogens (tertiary/aromatic N) is 2. The Balaban J connectivity index is 1.29. The third kappa shape index (κ3) is 3.43. The molecule has 3 heteroatoms. The van der Waals surface area contributed by atoms with Crippen molar-refractivity contribution in [2.24, 2.45) is 0 Å². The van der Waals surface area contributed by atoms with Crippen LogP contribution in [0.3, 0.4) is 0 Å². The van der Waals surface area contributed by atoms with E-state index in [4.69, 9.17) is 0 Å². The summed E-state index contributed by atoms with van der Waals surface area (Å²) in [7, 11) is 0. The zero-order valence-electron chi connectivity index (χ0n) is 11.0. The molecule has 0 spiro atoms. The molecule has 2 saturated heterocycles. The lowest BCUT2D eigenvalue weighted by Crippen LogP contribution is -2.35. The Morgan fingerprint density at radius 2 is 1.82 bits per heavy atom. The van der Waals surface area contributed by atoms with Crippen LogP contribution in [0.5, 0.6) is 0 Å². The smallest absolute Gasteiger partial charge is 0.0235 e. The molecule has 3 rings (SSSR count). The van der Waals surface area contributed by atoms with Crippen molar-refractivity contribution >= 4 is 0 Å². The number of likely N-dealkylation sites (tertiary alicyclic amines) is 2. The minimum absolute atomic E-state index is 0.880. The van der Waals surface area contributed by atoms with E-state index in [0.29, 0.717) is 0 Å². The number of hydrogen-bond acceptors (Lipinski definition) is 3. The summed E-state index contributed by atoms with van der Waals surface area (Å²) in [5.41, 5.74) is 0. The molecule has 3 aliphatic rings. The van der Waals surface area contributed by atoms with E-state index in [1.54, 1.807) is 0 Å². The van der Waals surface area contributed by atoms with Crippen LogP contribution in [0.4, 0.5) is 0 Å². The van der Waals surface area contributed by atoms with Crippen LogP contribution in [0.25, 0.3) is 0 Å². The van der Waals surface area contributed by atoms with Crippen molar-refractivity contribution in [2.75, 3.05) is 39.3 Å². The topological polar surface area (TPSA) is 18.5 Å². The van der Waals surface area contributed by atoms with Crippen LogP contribution in [-0.4, -0.2) is 61.2 Å². The maximum Gasteiger partial charge on any atom is 0.0235 e. The van der Waals surface area contributed by atoms with E-state index >= 15 is 0 Å². The summed E-state index contributed by atoms with van der Waals surface area (Å²) >= 11 is 0. The zero-order valence-corrected chi connectivity index (χ0v) is 11.0. The van der Waals surface area contributed by atoms with Crippen LogP contribution in [0.15, 0.2) is 0 Å². The Hall–Kier alpha value is -0.120. The number of hydrogen-bond donors (Lipinski definition) is 1. The first-order valence-corrected chi connectivity index (χ1v) is 7.61. The van der Waals surface area contributed by atoms with Gasteiger partial charge in [0, 0.05) is 18.6 Å². The molecule has 98 valence electrons. The van der Waals surface area contributed by atoms with E-state index in [2.05, 4.69) is 15.1 Å². The summed E-state index contributed by atoms with van der Waals surface area (Å²) in [4.78, 5) is 5.40. The SMILES string of the molecule is C(CNC1CC1)CN1CCC(N2CCCC2)C1. The highest BCUT2D eigenvalue weighted by molar-refractivity contribution is 4.86. The molecular weight excluding hydrogens is 210 g/mol. The predicted octanol–water partition coefficient (Wildman–Crippen LogP) is 1.30. The molecule has 0 aromatic carbocycles. The fourth-order valence-electron chi connectivity index (χ4n) is 3.32. The van der Waals surface area contributed by atoms with Crippen molar-refractivity contribution in [3.63, 3.8) is 0 Å². The van der Waals surface area contributed by atoms with E-state index in [1.165, 1.54) is 77.8 Å². The largest absolute Gasteiger partial charge is 0.314 e. The molecule has 0 aromatic rings. The quantitative estimate of drug-likeness (QED) is 0.703. The molecule has 17 heavy (non-hydrogen) atoms. The third-order valence-corrected chi connectivity index (χ3v) is 4.57. The zero-order chi connectivity index (χ0) is 11.5.